The Hall–Kier alpha value is -0.980. The molecule has 0 aromatic heterocycles. The molecule has 1 heteroatoms. The zero-order valence-electron chi connectivity index (χ0n) is 7.46. The van der Waals surface area contributed by atoms with Gasteiger partial charge in [0.25, 0.3) is 0 Å². The number of hydrogen-bond donors (Lipinski definition) is 1. The highest BCUT2D eigenvalue weighted by Crippen LogP contribution is 2.41. The van der Waals surface area contributed by atoms with Crippen LogP contribution in [0.25, 0.3) is 0 Å². The van der Waals surface area contributed by atoms with E-state index >= 15 is 0 Å². The van der Waals surface area contributed by atoms with Crippen molar-refractivity contribution in [3.63, 3.8) is 0 Å². The van der Waals surface area contributed by atoms with E-state index in [2.05, 4.69) is 19.1 Å². The Labute approximate surface area is 73.6 Å². The first-order valence-electron chi connectivity index (χ1n) is 4.61. The number of nitrogen functional groups attached to an aromatic ring is 1. The van der Waals surface area contributed by atoms with Crippen molar-refractivity contribution in [2.24, 2.45) is 5.92 Å². The van der Waals surface area contributed by atoms with Crippen LogP contribution in [0.5, 0.6) is 0 Å². The Balaban J connectivity index is 2.09. The van der Waals surface area contributed by atoms with Gasteiger partial charge in [0.05, 0.1) is 0 Å². The Morgan fingerprint density at radius 1 is 1.17 bits per heavy atom. The Morgan fingerprint density at radius 2 is 1.75 bits per heavy atom. The molecule has 1 aromatic carbocycles. The van der Waals surface area contributed by atoms with E-state index in [1.807, 2.05) is 12.1 Å². The summed E-state index contributed by atoms with van der Waals surface area (Å²) in [6.07, 6.45) is 2.70. The SMILES string of the molecule is CC1CC(c2ccc(N)cc2)C1. The zero-order valence-corrected chi connectivity index (χ0v) is 7.46. The van der Waals surface area contributed by atoms with E-state index in [1.54, 1.807) is 0 Å². The van der Waals surface area contributed by atoms with Gasteiger partial charge in [-0.3, -0.25) is 0 Å². The van der Waals surface area contributed by atoms with Crippen molar-refractivity contribution in [3.8, 4) is 0 Å². The van der Waals surface area contributed by atoms with E-state index in [1.165, 1.54) is 18.4 Å². The molecule has 0 amide bonds. The van der Waals surface area contributed by atoms with Gasteiger partial charge >= 0.3 is 0 Å². The molecule has 1 saturated carbocycles. The van der Waals surface area contributed by atoms with Crippen LogP contribution in [0.15, 0.2) is 24.3 Å². The van der Waals surface area contributed by atoms with Crippen molar-refractivity contribution >= 4 is 5.69 Å². The van der Waals surface area contributed by atoms with Crippen LogP contribution in [0.4, 0.5) is 5.69 Å². The molecule has 1 aliphatic rings. The molecule has 2 rings (SSSR count). The van der Waals surface area contributed by atoms with Crippen molar-refractivity contribution < 1.29 is 0 Å². The molecule has 0 saturated heterocycles. The van der Waals surface area contributed by atoms with Crippen molar-refractivity contribution in [3.05, 3.63) is 29.8 Å². The molecule has 1 nitrogen and oxygen atoms in total. The summed E-state index contributed by atoms with van der Waals surface area (Å²) in [6, 6.07) is 8.31. The molecule has 0 bridgehead atoms. The quantitative estimate of drug-likeness (QED) is 0.630. The Kier molecular flexibility index (Phi) is 1.80. The molecule has 2 N–H and O–H groups in total. The van der Waals surface area contributed by atoms with Gasteiger partial charge in [0.15, 0.2) is 0 Å². The minimum Gasteiger partial charge on any atom is -0.399 e. The van der Waals surface area contributed by atoms with Crippen LogP contribution in [0.3, 0.4) is 0 Å². The second kappa shape index (κ2) is 2.81. The van der Waals surface area contributed by atoms with Crippen LogP contribution >= 0.6 is 0 Å². The predicted molar refractivity (Wildman–Crippen MR) is 52.0 cm³/mol. The molecular weight excluding hydrogens is 146 g/mol. The largest absolute Gasteiger partial charge is 0.399 e. The fraction of sp³-hybridized carbons (Fsp3) is 0.455. The smallest absolute Gasteiger partial charge is 0.0314 e. The molecule has 1 aromatic rings. The van der Waals surface area contributed by atoms with Gasteiger partial charge in [0.1, 0.15) is 0 Å². The normalized spacial score (nSPS) is 28.1. The van der Waals surface area contributed by atoms with Gasteiger partial charge in [-0.2, -0.15) is 0 Å². The molecule has 0 radical (unpaired) electrons. The second-order valence-electron chi connectivity index (χ2n) is 3.94. The maximum atomic E-state index is 5.61. The highest BCUT2D eigenvalue weighted by atomic mass is 14.5. The van der Waals surface area contributed by atoms with Gasteiger partial charge in [-0.05, 0) is 42.4 Å². The van der Waals surface area contributed by atoms with Crippen molar-refractivity contribution in [2.75, 3.05) is 5.73 Å². The molecule has 1 aliphatic carbocycles. The molecule has 0 atom stereocenters. The maximum Gasteiger partial charge on any atom is 0.0314 e. The minimum atomic E-state index is 0.806. The summed E-state index contributed by atoms with van der Waals surface area (Å²) < 4.78 is 0. The highest BCUT2D eigenvalue weighted by molar-refractivity contribution is 5.40. The van der Waals surface area contributed by atoms with Gasteiger partial charge in [-0.25, -0.2) is 0 Å². The Morgan fingerprint density at radius 3 is 2.25 bits per heavy atom. The van der Waals surface area contributed by atoms with Gasteiger partial charge in [0, 0.05) is 5.69 Å². The molecule has 0 aliphatic heterocycles. The average Bonchev–Trinajstić information content (AvgIpc) is 2.01. The zero-order chi connectivity index (χ0) is 8.55. The summed E-state index contributed by atoms with van der Waals surface area (Å²) in [6.45, 7) is 2.31. The number of benzene rings is 1. The van der Waals surface area contributed by atoms with Crippen molar-refractivity contribution in [2.45, 2.75) is 25.7 Å². The van der Waals surface area contributed by atoms with E-state index < -0.39 is 0 Å². The van der Waals surface area contributed by atoms with Gasteiger partial charge < -0.3 is 5.73 Å². The van der Waals surface area contributed by atoms with Crippen molar-refractivity contribution in [1.82, 2.24) is 0 Å². The summed E-state index contributed by atoms with van der Waals surface area (Å²) in [5.74, 6) is 1.73. The average molecular weight is 161 g/mol. The summed E-state index contributed by atoms with van der Waals surface area (Å²) in [5.41, 5.74) is 7.94. The number of nitrogens with two attached hydrogens (primary N) is 1. The maximum absolute atomic E-state index is 5.61. The van der Waals surface area contributed by atoms with Crippen LogP contribution in [-0.2, 0) is 0 Å². The molecular formula is C11H15N. The van der Waals surface area contributed by atoms with E-state index in [0.717, 1.165) is 17.5 Å². The number of hydrogen-bond acceptors (Lipinski definition) is 1. The van der Waals surface area contributed by atoms with E-state index in [-0.39, 0.29) is 0 Å². The third kappa shape index (κ3) is 1.31. The first-order chi connectivity index (χ1) is 5.75. The fourth-order valence-corrected chi connectivity index (χ4v) is 1.94. The summed E-state index contributed by atoms with van der Waals surface area (Å²) >= 11 is 0. The monoisotopic (exact) mass is 161 g/mol. The third-order valence-corrected chi connectivity index (χ3v) is 2.78. The molecule has 0 unspecified atom stereocenters. The molecule has 0 spiro atoms. The van der Waals surface area contributed by atoms with Crippen LogP contribution in [0.1, 0.15) is 31.2 Å². The third-order valence-electron chi connectivity index (χ3n) is 2.78. The predicted octanol–water partition coefficient (Wildman–Crippen LogP) is 2.78. The lowest BCUT2D eigenvalue weighted by atomic mass is 9.72. The number of rotatable bonds is 1. The Bertz CT molecular complexity index is 257. The lowest BCUT2D eigenvalue weighted by molar-refractivity contribution is 0.288. The van der Waals surface area contributed by atoms with Gasteiger partial charge in [-0.15, -0.1) is 0 Å². The molecule has 64 valence electrons. The van der Waals surface area contributed by atoms with Crippen LogP contribution < -0.4 is 5.73 Å². The molecule has 0 heterocycles. The summed E-state index contributed by atoms with van der Waals surface area (Å²) in [5, 5.41) is 0. The van der Waals surface area contributed by atoms with Gasteiger partial charge in [0.2, 0.25) is 0 Å². The van der Waals surface area contributed by atoms with Crippen LogP contribution in [-0.4, -0.2) is 0 Å². The van der Waals surface area contributed by atoms with Crippen LogP contribution in [0, 0.1) is 5.92 Å². The minimum absolute atomic E-state index is 0.806. The topological polar surface area (TPSA) is 26.0 Å². The van der Waals surface area contributed by atoms with E-state index in [9.17, 15) is 0 Å². The number of anilines is 1. The molecule has 1 fully saturated rings. The second-order valence-corrected chi connectivity index (χ2v) is 3.94. The first-order valence-corrected chi connectivity index (χ1v) is 4.61. The van der Waals surface area contributed by atoms with E-state index in [4.69, 9.17) is 5.73 Å². The standard InChI is InChI=1S/C11H15N/c1-8-6-10(7-8)9-2-4-11(12)5-3-9/h2-5,8,10H,6-7,12H2,1H3. The van der Waals surface area contributed by atoms with Crippen molar-refractivity contribution in [1.29, 1.82) is 0 Å². The summed E-state index contributed by atoms with van der Waals surface area (Å²) in [4.78, 5) is 0. The highest BCUT2D eigenvalue weighted by Gasteiger charge is 2.26. The molecule has 12 heavy (non-hydrogen) atoms. The lowest BCUT2D eigenvalue weighted by Gasteiger charge is -2.33. The van der Waals surface area contributed by atoms with Crippen LogP contribution in [0.2, 0.25) is 0 Å². The summed E-state index contributed by atoms with van der Waals surface area (Å²) in [7, 11) is 0. The fourth-order valence-electron chi connectivity index (χ4n) is 1.94. The van der Waals surface area contributed by atoms with E-state index in [0.29, 0.717) is 0 Å². The lowest BCUT2D eigenvalue weighted by Crippen LogP contribution is -2.18. The first kappa shape index (κ1) is 7.66. The van der Waals surface area contributed by atoms with Gasteiger partial charge in [-0.1, -0.05) is 19.1 Å².